The molecule has 1 aromatic heterocycles. The summed E-state index contributed by atoms with van der Waals surface area (Å²) in [4.78, 5) is 4.34. The van der Waals surface area contributed by atoms with E-state index in [0.717, 1.165) is 24.1 Å². The third-order valence-corrected chi connectivity index (χ3v) is 3.16. The molecule has 76 valence electrons. The fourth-order valence-corrected chi connectivity index (χ4v) is 2.17. The molecule has 2 nitrogen and oxygen atoms in total. The molecular formula is C11H14ClNO. The van der Waals surface area contributed by atoms with E-state index in [-0.39, 0.29) is 6.61 Å². The van der Waals surface area contributed by atoms with Gasteiger partial charge in [0.05, 0.1) is 6.61 Å². The molecule has 1 aliphatic carbocycles. The lowest BCUT2D eigenvalue weighted by Gasteiger charge is -2.21. The Morgan fingerprint density at radius 3 is 3.14 bits per heavy atom. The van der Waals surface area contributed by atoms with Crippen LogP contribution in [-0.4, -0.2) is 10.1 Å². The number of pyridine rings is 1. The molecule has 1 N–H and O–H groups in total. The number of hydrogen-bond acceptors (Lipinski definition) is 2. The Kier molecular flexibility index (Phi) is 2.75. The van der Waals surface area contributed by atoms with Gasteiger partial charge in [-0.05, 0) is 36.8 Å². The Hall–Kier alpha value is -0.600. The van der Waals surface area contributed by atoms with Crippen LogP contribution in [-0.2, 0) is 19.4 Å². The van der Waals surface area contributed by atoms with Crippen molar-refractivity contribution in [3.63, 3.8) is 0 Å². The number of nitrogens with zero attached hydrogens (tertiary/aromatic N) is 1. The van der Waals surface area contributed by atoms with Gasteiger partial charge in [0.2, 0.25) is 0 Å². The maximum atomic E-state index is 9.05. The molecule has 0 radical (unpaired) electrons. The monoisotopic (exact) mass is 211 g/mol. The molecule has 1 heterocycles. The molecule has 0 saturated heterocycles. The molecule has 0 amide bonds. The normalized spacial score (nSPS) is 20.6. The smallest absolute Gasteiger partial charge is 0.134 e. The number of aryl methyl sites for hydroxylation is 1. The molecule has 0 aliphatic heterocycles. The van der Waals surface area contributed by atoms with Gasteiger partial charge < -0.3 is 5.11 Å². The van der Waals surface area contributed by atoms with E-state index < -0.39 is 0 Å². The summed E-state index contributed by atoms with van der Waals surface area (Å²) in [5.74, 6) is 0.700. The Bertz CT molecular complexity index is 351. The first-order valence-corrected chi connectivity index (χ1v) is 5.36. The van der Waals surface area contributed by atoms with Gasteiger partial charge in [0.1, 0.15) is 5.15 Å². The van der Waals surface area contributed by atoms with E-state index in [9.17, 15) is 0 Å². The fraction of sp³-hybridized carbons (Fsp3) is 0.545. The molecule has 0 fully saturated rings. The highest BCUT2D eigenvalue weighted by Gasteiger charge is 2.18. The molecule has 1 atom stereocenters. The number of aliphatic hydroxyl groups is 1. The van der Waals surface area contributed by atoms with Crippen molar-refractivity contribution in [2.24, 2.45) is 5.92 Å². The zero-order chi connectivity index (χ0) is 10.1. The molecular weight excluding hydrogens is 198 g/mol. The van der Waals surface area contributed by atoms with E-state index in [4.69, 9.17) is 16.7 Å². The largest absolute Gasteiger partial charge is 0.392 e. The van der Waals surface area contributed by atoms with Gasteiger partial charge in [-0.25, -0.2) is 4.98 Å². The summed E-state index contributed by atoms with van der Waals surface area (Å²) >= 11 is 5.94. The van der Waals surface area contributed by atoms with Crippen LogP contribution in [0.5, 0.6) is 0 Å². The zero-order valence-electron chi connectivity index (χ0n) is 8.26. The highest BCUT2D eigenvalue weighted by molar-refractivity contribution is 6.30. The predicted molar refractivity (Wildman–Crippen MR) is 56.4 cm³/mol. The lowest BCUT2D eigenvalue weighted by Crippen LogP contribution is -2.14. The van der Waals surface area contributed by atoms with Crippen molar-refractivity contribution in [2.45, 2.75) is 32.8 Å². The highest BCUT2D eigenvalue weighted by Crippen LogP contribution is 2.27. The van der Waals surface area contributed by atoms with Crippen LogP contribution >= 0.6 is 11.6 Å². The van der Waals surface area contributed by atoms with E-state index in [1.165, 1.54) is 12.0 Å². The minimum Gasteiger partial charge on any atom is -0.392 e. The van der Waals surface area contributed by atoms with Crippen LogP contribution in [0.15, 0.2) is 6.07 Å². The third kappa shape index (κ3) is 1.77. The summed E-state index contributed by atoms with van der Waals surface area (Å²) in [6, 6.07) is 2.00. The second kappa shape index (κ2) is 3.87. The second-order valence-electron chi connectivity index (χ2n) is 4.05. The molecule has 2 rings (SSSR count). The lowest BCUT2D eigenvalue weighted by molar-refractivity contribution is 0.281. The van der Waals surface area contributed by atoms with Crippen molar-refractivity contribution < 1.29 is 5.11 Å². The molecule has 3 heteroatoms. The van der Waals surface area contributed by atoms with Crippen LogP contribution < -0.4 is 0 Å². The maximum Gasteiger partial charge on any atom is 0.134 e. The molecule has 0 bridgehead atoms. The molecule has 1 aliphatic rings. The first-order valence-electron chi connectivity index (χ1n) is 4.98. The third-order valence-electron chi connectivity index (χ3n) is 2.84. The topological polar surface area (TPSA) is 33.1 Å². The summed E-state index contributed by atoms with van der Waals surface area (Å²) in [5.41, 5.74) is 3.13. The predicted octanol–water partition coefficient (Wildman–Crippen LogP) is 2.35. The van der Waals surface area contributed by atoms with Gasteiger partial charge >= 0.3 is 0 Å². The summed E-state index contributed by atoms with van der Waals surface area (Å²) < 4.78 is 0. The van der Waals surface area contributed by atoms with E-state index in [1.807, 2.05) is 6.07 Å². The number of rotatable bonds is 1. The number of fused-ring (bicyclic) bond motifs is 1. The molecule has 0 saturated carbocycles. The van der Waals surface area contributed by atoms with Crippen molar-refractivity contribution in [3.05, 3.63) is 28.0 Å². The van der Waals surface area contributed by atoms with Gasteiger partial charge in [0.25, 0.3) is 0 Å². The Balaban J connectivity index is 2.40. The van der Waals surface area contributed by atoms with Crippen LogP contribution in [0.3, 0.4) is 0 Å². The molecule has 14 heavy (non-hydrogen) atoms. The Morgan fingerprint density at radius 1 is 1.64 bits per heavy atom. The van der Waals surface area contributed by atoms with Crippen LogP contribution in [0.1, 0.15) is 30.2 Å². The zero-order valence-corrected chi connectivity index (χ0v) is 9.01. The van der Waals surface area contributed by atoms with Gasteiger partial charge in [-0.3, -0.25) is 0 Å². The quantitative estimate of drug-likeness (QED) is 0.724. The van der Waals surface area contributed by atoms with E-state index in [2.05, 4.69) is 11.9 Å². The van der Waals surface area contributed by atoms with Crippen LogP contribution in [0, 0.1) is 5.92 Å². The second-order valence-corrected chi connectivity index (χ2v) is 4.41. The van der Waals surface area contributed by atoms with Crippen molar-refractivity contribution in [1.82, 2.24) is 4.98 Å². The Labute approximate surface area is 88.9 Å². The average molecular weight is 212 g/mol. The average Bonchev–Trinajstić information content (AvgIpc) is 2.16. The van der Waals surface area contributed by atoms with E-state index in [1.54, 1.807) is 0 Å². The summed E-state index contributed by atoms with van der Waals surface area (Å²) in [7, 11) is 0. The van der Waals surface area contributed by atoms with E-state index >= 15 is 0 Å². The number of aromatic nitrogens is 1. The van der Waals surface area contributed by atoms with Crippen LogP contribution in [0.2, 0.25) is 5.15 Å². The molecule has 0 aromatic carbocycles. The van der Waals surface area contributed by atoms with Gasteiger partial charge in [-0.15, -0.1) is 0 Å². The van der Waals surface area contributed by atoms with Crippen LogP contribution in [0.25, 0.3) is 0 Å². The fourth-order valence-electron chi connectivity index (χ4n) is 1.95. The highest BCUT2D eigenvalue weighted by atomic mass is 35.5. The lowest BCUT2D eigenvalue weighted by atomic mass is 9.88. The summed E-state index contributed by atoms with van der Waals surface area (Å²) in [5, 5.41) is 9.51. The van der Waals surface area contributed by atoms with Gasteiger partial charge in [-0.2, -0.15) is 0 Å². The summed E-state index contributed by atoms with van der Waals surface area (Å²) in [6.07, 6.45) is 3.29. The van der Waals surface area contributed by atoms with Crippen molar-refractivity contribution in [3.8, 4) is 0 Å². The number of hydrogen-bond donors (Lipinski definition) is 1. The molecule has 0 spiro atoms. The standard InChI is InChI=1S/C11H14ClNO/c1-7-2-3-8-5-9(6-14)11(12)13-10(8)4-7/h5,7,14H,2-4,6H2,1H3. The van der Waals surface area contributed by atoms with Crippen molar-refractivity contribution >= 4 is 11.6 Å². The SMILES string of the molecule is CC1CCc2cc(CO)c(Cl)nc2C1. The van der Waals surface area contributed by atoms with Crippen molar-refractivity contribution in [2.75, 3.05) is 0 Å². The first kappa shape index (κ1) is 9.94. The minimum absolute atomic E-state index is 0.0192. The maximum absolute atomic E-state index is 9.05. The number of aliphatic hydroxyl groups excluding tert-OH is 1. The first-order chi connectivity index (χ1) is 6.70. The van der Waals surface area contributed by atoms with Gasteiger partial charge in [0.15, 0.2) is 0 Å². The van der Waals surface area contributed by atoms with Crippen LogP contribution in [0.4, 0.5) is 0 Å². The molecule has 1 unspecified atom stereocenters. The summed E-state index contributed by atoms with van der Waals surface area (Å²) in [6.45, 7) is 2.22. The van der Waals surface area contributed by atoms with E-state index in [0.29, 0.717) is 11.1 Å². The van der Waals surface area contributed by atoms with Gasteiger partial charge in [0, 0.05) is 11.3 Å². The minimum atomic E-state index is -0.0192. The number of halogens is 1. The van der Waals surface area contributed by atoms with Crippen molar-refractivity contribution in [1.29, 1.82) is 0 Å². The molecule has 1 aromatic rings. The Morgan fingerprint density at radius 2 is 2.43 bits per heavy atom. The van der Waals surface area contributed by atoms with Gasteiger partial charge in [-0.1, -0.05) is 18.5 Å².